The maximum Gasteiger partial charge on any atom is 0.253 e. The van der Waals surface area contributed by atoms with Crippen LogP contribution in [0.2, 0.25) is 5.02 Å². The number of halogens is 2. The van der Waals surface area contributed by atoms with Crippen molar-refractivity contribution in [2.45, 2.75) is 25.4 Å². The lowest BCUT2D eigenvalue weighted by Crippen LogP contribution is -2.26. The Labute approximate surface area is 133 Å². The van der Waals surface area contributed by atoms with E-state index in [1.165, 1.54) is 6.07 Å². The molecule has 2 aromatic carbocycles. The van der Waals surface area contributed by atoms with Crippen molar-refractivity contribution in [3.8, 4) is 0 Å². The Morgan fingerprint density at radius 2 is 1.95 bits per heavy atom. The van der Waals surface area contributed by atoms with E-state index in [1.54, 1.807) is 24.3 Å². The van der Waals surface area contributed by atoms with Crippen molar-refractivity contribution in [2.24, 2.45) is 0 Å². The first-order chi connectivity index (χ1) is 10.6. The molecule has 0 spiro atoms. The summed E-state index contributed by atoms with van der Waals surface area (Å²) < 4.78 is 13.8. The molecule has 0 radical (unpaired) electrons. The van der Waals surface area contributed by atoms with Gasteiger partial charge in [-0.2, -0.15) is 0 Å². The van der Waals surface area contributed by atoms with Crippen LogP contribution in [0.3, 0.4) is 0 Å². The van der Waals surface area contributed by atoms with Crippen molar-refractivity contribution < 1.29 is 9.18 Å². The number of para-hydroxylation sites is 1. The molecule has 1 saturated carbocycles. The van der Waals surface area contributed by atoms with Crippen LogP contribution in [0.5, 0.6) is 0 Å². The number of carbonyl (C=O) groups is 1. The van der Waals surface area contributed by atoms with Crippen LogP contribution in [-0.2, 0) is 6.54 Å². The first-order valence-electron chi connectivity index (χ1n) is 7.22. The Morgan fingerprint density at radius 3 is 2.68 bits per heavy atom. The minimum absolute atomic E-state index is 0.106. The van der Waals surface area contributed by atoms with Gasteiger partial charge in [0.1, 0.15) is 5.82 Å². The molecule has 0 saturated heterocycles. The molecule has 0 aromatic heterocycles. The lowest BCUT2D eigenvalue weighted by atomic mass is 10.1. The maximum absolute atomic E-state index is 13.8. The number of benzene rings is 2. The van der Waals surface area contributed by atoms with Gasteiger partial charge in [-0.1, -0.05) is 29.8 Å². The van der Waals surface area contributed by atoms with Crippen molar-refractivity contribution in [3.63, 3.8) is 0 Å². The summed E-state index contributed by atoms with van der Waals surface area (Å²) in [5.41, 5.74) is 1.61. The van der Waals surface area contributed by atoms with Gasteiger partial charge < -0.3 is 10.6 Å². The number of hydrogen-bond acceptors (Lipinski definition) is 2. The van der Waals surface area contributed by atoms with Crippen LogP contribution in [0.15, 0.2) is 42.5 Å². The van der Waals surface area contributed by atoms with Crippen molar-refractivity contribution in [3.05, 3.63) is 64.4 Å². The van der Waals surface area contributed by atoms with Gasteiger partial charge in [-0.05, 0) is 37.1 Å². The SMILES string of the molecule is O=C(NC1CC1)c1ccccc1NCc1c(F)cccc1Cl. The molecule has 114 valence electrons. The number of carbonyl (C=O) groups excluding carboxylic acids is 1. The van der Waals surface area contributed by atoms with Gasteiger partial charge in [0.05, 0.1) is 5.56 Å². The topological polar surface area (TPSA) is 41.1 Å². The smallest absolute Gasteiger partial charge is 0.253 e. The van der Waals surface area contributed by atoms with Crippen molar-refractivity contribution in [1.29, 1.82) is 0 Å². The van der Waals surface area contributed by atoms with Crippen LogP contribution < -0.4 is 10.6 Å². The molecule has 3 rings (SSSR count). The lowest BCUT2D eigenvalue weighted by molar-refractivity contribution is 0.0952. The summed E-state index contributed by atoms with van der Waals surface area (Å²) in [6.45, 7) is 0.221. The van der Waals surface area contributed by atoms with E-state index in [2.05, 4.69) is 10.6 Å². The molecule has 1 fully saturated rings. The molecule has 2 aromatic rings. The molecule has 22 heavy (non-hydrogen) atoms. The highest BCUT2D eigenvalue weighted by atomic mass is 35.5. The Balaban J connectivity index is 1.76. The summed E-state index contributed by atoms with van der Waals surface area (Å²) in [5, 5.41) is 6.42. The molecule has 1 amide bonds. The highest BCUT2D eigenvalue weighted by Crippen LogP contribution is 2.24. The molecule has 0 aliphatic heterocycles. The number of anilines is 1. The van der Waals surface area contributed by atoms with Gasteiger partial charge in [0, 0.05) is 28.9 Å². The standard InChI is InChI=1S/C17H16ClFN2O/c18-14-5-3-6-15(19)13(14)10-20-16-7-2-1-4-12(16)17(22)21-11-8-9-11/h1-7,11,20H,8-10H2,(H,21,22). The molecule has 0 atom stereocenters. The fourth-order valence-electron chi connectivity index (χ4n) is 2.21. The van der Waals surface area contributed by atoms with Gasteiger partial charge in [-0.15, -0.1) is 0 Å². The fourth-order valence-corrected chi connectivity index (χ4v) is 2.44. The molecular weight excluding hydrogens is 303 g/mol. The predicted molar refractivity (Wildman–Crippen MR) is 85.7 cm³/mol. The fraction of sp³-hybridized carbons (Fsp3) is 0.235. The van der Waals surface area contributed by atoms with Crippen LogP contribution in [0, 0.1) is 5.82 Å². The molecule has 0 unspecified atom stereocenters. The van der Waals surface area contributed by atoms with Crippen LogP contribution >= 0.6 is 11.6 Å². The van der Waals surface area contributed by atoms with E-state index >= 15 is 0 Å². The number of hydrogen-bond donors (Lipinski definition) is 2. The molecule has 0 heterocycles. The van der Waals surface area contributed by atoms with E-state index in [0.717, 1.165) is 12.8 Å². The zero-order chi connectivity index (χ0) is 15.5. The van der Waals surface area contributed by atoms with E-state index in [-0.39, 0.29) is 18.3 Å². The minimum Gasteiger partial charge on any atom is -0.380 e. The summed E-state index contributed by atoms with van der Waals surface area (Å²) in [6.07, 6.45) is 2.07. The summed E-state index contributed by atoms with van der Waals surface area (Å²) in [7, 11) is 0. The van der Waals surface area contributed by atoms with E-state index in [0.29, 0.717) is 27.9 Å². The summed E-state index contributed by atoms with van der Waals surface area (Å²) in [4.78, 5) is 12.2. The highest BCUT2D eigenvalue weighted by molar-refractivity contribution is 6.31. The van der Waals surface area contributed by atoms with Crippen LogP contribution in [0.1, 0.15) is 28.8 Å². The Morgan fingerprint density at radius 1 is 1.18 bits per heavy atom. The van der Waals surface area contributed by atoms with Gasteiger partial charge in [-0.3, -0.25) is 4.79 Å². The predicted octanol–water partition coefficient (Wildman–Crippen LogP) is 3.98. The normalized spacial score (nSPS) is 13.7. The minimum atomic E-state index is -0.361. The quantitative estimate of drug-likeness (QED) is 0.875. The number of amides is 1. The molecule has 2 N–H and O–H groups in total. The third kappa shape index (κ3) is 3.39. The monoisotopic (exact) mass is 318 g/mol. The lowest BCUT2D eigenvalue weighted by Gasteiger charge is -2.13. The third-order valence-electron chi connectivity index (χ3n) is 3.60. The average Bonchev–Trinajstić information content (AvgIpc) is 3.31. The van der Waals surface area contributed by atoms with E-state index in [4.69, 9.17) is 11.6 Å². The highest BCUT2D eigenvalue weighted by Gasteiger charge is 2.24. The molecule has 1 aliphatic carbocycles. The second kappa shape index (κ2) is 6.36. The third-order valence-corrected chi connectivity index (χ3v) is 3.96. The van der Waals surface area contributed by atoms with E-state index in [9.17, 15) is 9.18 Å². The molecule has 5 heteroatoms. The first-order valence-corrected chi connectivity index (χ1v) is 7.59. The van der Waals surface area contributed by atoms with E-state index < -0.39 is 0 Å². The zero-order valence-electron chi connectivity index (χ0n) is 11.9. The van der Waals surface area contributed by atoms with Crippen LogP contribution in [0.4, 0.5) is 10.1 Å². The largest absolute Gasteiger partial charge is 0.380 e. The van der Waals surface area contributed by atoms with Gasteiger partial charge >= 0.3 is 0 Å². The maximum atomic E-state index is 13.8. The van der Waals surface area contributed by atoms with Crippen molar-refractivity contribution in [1.82, 2.24) is 5.32 Å². The molecular formula is C17H16ClFN2O. The van der Waals surface area contributed by atoms with Gasteiger partial charge in [-0.25, -0.2) is 4.39 Å². The van der Waals surface area contributed by atoms with Crippen molar-refractivity contribution >= 4 is 23.2 Å². The molecule has 0 bridgehead atoms. The second-order valence-corrected chi connectivity index (χ2v) is 5.75. The molecule has 3 nitrogen and oxygen atoms in total. The van der Waals surface area contributed by atoms with Crippen LogP contribution in [-0.4, -0.2) is 11.9 Å². The van der Waals surface area contributed by atoms with Gasteiger partial charge in [0.15, 0.2) is 0 Å². The van der Waals surface area contributed by atoms with E-state index in [1.807, 2.05) is 12.1 Å². The van der Waals surface area contributed by atoms with Crippen molar-refractivity contribution in [2.75, 3.05) is 5.32 Å². The van der Waals surface area contributed by atoms with Gasteiger partial charge in [0.2, 0.25) is 0 Å². The number of rotatable bonds is 5. The summed E-state index contributed by atoms with van der Waals surface area (Å²) in [6, 6.07) is 12.1. The Bertz CT molecular complexity index is 681. The number of nitrogens with one attached hydrogen (secondary N) is 2. The van der Waals surface area contributed by atoms with Gasteiger partial charge in [0.25, 0.3) is 5.91 Å². The molecule has 1 aliphatic rings. The summed E-state index contributed by atoms with van der Waals surface area (Å²) >= 11 is 6.02. The average molecular weight is 319 g/mol. The Kier molecular flexibility index (Phi) is 4.29. The zero-order valence-corrected chi connectivity index (χ0v) is 12.7. The van der Waals surface area contributed by atoms with Crippen LogP contribution in [0.25, 0.3) is 0 Å². The first kappa shape index (κ1) is 14.9. The summed E-state index contributed by atoms with van der Waals surface area (Å²) in [5.74, 6) is -0.467. The second-order valence-electron chi connectivity index (χ2n) is 5.35. The Hall–Kier alpha value is -2.07.